The molecule has 2 heterocycles. The minimum Gasteiger partial charge on any atom is -0.338 e. The van der Waals surface area contributed by atoms with Gasteiger partial charge in [-0.15, -0.1) is 0 Å². The van der Waals surface area contributed by atoms with Crippen LogP contribution in [0, 0.1) is 25.7 Å². The zero-order valence-electron chi connectivity index (χ0n) is 15.4. The zero-order valence-corrected chi connectivity index (χ0v) is 16.2. The average molecular weight is 360 g/mol. The number of rotatable bonds is 3. The van der Waals surface area contributed by atoms with Crippen LogP contribution >= 0.6 is 11.6 Å². The average Bonchev–Trinajstić information content (AvgIpc) is 2.82. The highest BCUT2D eigenvalue weighted by molar-refractivity contribution is 6.31. The van der Waals surface area contributed by atoms with Gasteiger partial charge in [-0.05, 0) is 43.7 Å². The van der Waals surface area contributed by atoms with Crippen molar-refractivity contribution >= 4 is 17.5 Å². The third kappa shape index (κ3) is 3.74. The summed E-state index contributed by atoms with van der Waals surface area (Å²) in [5, 5.41) is 5.33. The van der Waals surface area contributed by atoms with Crippen molar-refractivity contribution in [2.75, 3.05) is 13.1 Å². The Morgan fingerprint density at radius 1 is 1.20 bits per heavy atom. The van der Waals surface area contributed by atoms with E-state index in [9.17, 15) is 4.79 Å². The van der Waals surface area contributed by atoms with Gasteiger partial charge >= 0.3 is 0 Å². The van der Waals surface area contributed by atoms with E-state index < -0.39 is 0 Å². The van der Waals surface area contributed by atoms with Crippen molar-refractivity contribution in [2.24, 2.45) is 11.8 Å². The largest absolute Gasteiger partial charge is 0.338 e. The summed E-state index contributed by atoms with van der Waals surface area (Å²) in [4.78, 5) is 15.1. The van der Waals surface area contributed by atoms with Gasteiger partial charge in [0.25, 0.3) is 5.91 Å². The number of nitrogens with zero attached hydrogens (tertiary/aromatic N) is 3. The van der Waals surface area contributed by atoms with Crippen LogP contribution in [0.25, 0.3) is 0 Å². The molecule has 0 saturated carbocycles. The van der Waals surface area contributed by atoms with Crippen LogP contribution in [0.1, 0.15) is 47.6 Å². The molecule has 1 fully saturated rings. The molecule has 0 radical (unpaired) electrons. The normalized spacial score (nSPS) is 20.8. The predicted octanol–water partition coefficient (Wildman–Crippen LogP) is 4.32. The molecule has 1 aliphatic rings. The summed E-state index contributed by atoms with van der Waals surface area (Å²) in [5.74, 6) is 1.21. The molecule has 0 N–H and O–H groups in total. The third-order valence-corrected chi connectivity index (χ3v) is 5.40. The molecule has 1 aromatic carbocycles. The van der Waals surface area contributed by atoms with Crippen LogP contribution in [0.2, 0.25) is 5.02 Å². The van der Waals surface area contributed by atoms with E-state index in [1.165, 1.54) is 6.42 Å². The summed E-state index contributed by atoms with van der Waals surface area (Å²) in [7, 11) is 0. The van der Waals surface area contributed by atoms with Crippen LogP contribution in [-0.2, 0) is 6.54 Å². The highest BCUT2D eigenvalue weighted by Crippen LogP contribution is 2.25. The predicted molar refractivity (Wildman–Crippen MR) is 101 cm³/mol. The number of likely N-dealkylation sites (tertiary alicyclic amines) is 1. The highest BCUT2D eigenvalue weighted by Gasteiger charge is 2.29. The van der Waals surface area contributed by atoms with Crippen LogP contribution < -0.4 is 0 Å². The highest BCUT2D eigenvalue weighted by atomic mass is 35.5. The molecule has 0 unspecified atom stereocenters. The minimum atomic E-state index is 0.110. The molecule has 1 aromatic heterocycles. The van der Waals surface area contributed by atoms with Crippen LogP contribution in [-0.4, -0.2) is 33.7 Å². The SMILES string of the molecule is Cc1nn(Cc2ccccc2Cl)c(C)c1C(=O)N1C[C@@H](C)C[C@H](C)C1. The van der Waals surface area contributed by atoms with Crippen LogP contribution in [0.3, 0.4) is 0 Å². The lowest BCUT2D eigenvalue weighted by Crippen LogP contribution is -2.42. The first kappa shape index (κ1) is 18.0. The van der Waals surface area contributed by atoms with E-state index in [1.807, 2.05) is 47.7 Å². The van der Waals surface area contributed by atoms with E-state index in [2.05, 4.69) is 18.9 Å². The Balaban J connectivity index is 1.87. The molecular formula is C20H26ClN3O. The van der Waals surface area contributed by atoms with Crippen LogP contribution in [0.15, 0.2) is 24.3 Å². The Morgan fingerprint density at radius 3 is 2.48 bits per heavy atom. The Hall–Kier alpha value is -1.81. The number of carbonyl (C=O) groups excluding carboxylic acids is 1. The van der Waals surface area contributed by atoms with Gasteiger partial charge in [-0.2, -0.15) is 5.10 Å². The lowest BCUT2D eigenvalue weighted by molar-refractivity contribution is 0.0621. The molecular weight excluding hydrogens is 334 g/mol. The standard InChI is InChI=1S/C20H26ClN3O/c1-13-9-14(2)11-23(10-13)20(25)19-15(3)22-24(16(19)4)12-17-7-5-6-8-18(17)21/h5-8,13-14H,9-12H2,1-4H3/t13-,14-/m0/s1. The summed E-state index contributed by atoms with van der Waals surface area (Å²) in [5.41, 5.74) is 3.45. The quantitative estimate of drug-likeness (QED) is 0.818. The monoisotopic (exact) mass is 359 g/mol. The second-order valence-electron chi connectivity index (χ2n) is 7.45. The lowest BCUT2D eigenvalue weighted by atomic mass is 9.91. The maximum atomic E-state index is 13.1. The van der Waals surface area contributed by atoms with Gasteiger partial charge in [0.15, 0.2) is 0 Å². The second-order valence-corrected chi connectivity index (χ2v) is 7.86. The molecule has 2 aromatic rings. The fraction of sp³-hybridized carbons (Fsp3) is 0.500. The summed E-state index contributed by atoms with van der Waals surface area (Å²) in [6, 6.07) is 7.76. The number of benzene rings is 1. The fourth-order valence-electron chi connectivity index (χ4n) is 3.94. The molecule has 0 spiro atoms. The number of hydrogen-bond donors (Lipinski definition) is 0. The summed E-state index contributed by atoms with van der Waals surface area (Å²) in [6.07, 6.45) is 1.19. The molecule has 5 heteroatoms. The molecule has 3 rings (SSSR count). The van der Waals surface area contributed by atoms with Crippen molar-refractivity contribution in [1.82, 2.24) is 14.7 Å². The molecule has 25 heavy (non-hydrogen) atoms. The third-order valence-electron chi connectivity index (χ3n) is 5.03. The number of aromatic nitrogens is 2. The van der Waals surface area contributed by atoms with Crippen molar-refractivity contribution in [3.63, 3.8) is 0 Å². The maximum Gasteiger partial charge on any atom is 0.257 e. The minimum absolute atomic E-state index is 0.110. The Kier molecular flexibility index (Phi) is 5.19. The fourth-order valence-corrected chi connectivity index (χ4v) is 4.13. The Labute approximate surface area is 154 Å². The first-order chi connectivity index (χ1) is 11.9. The van der Waals surface area contributed by atoms with E-state index in [0.29, 0.717) is 18.4 Å². The smallest absolute Gasteiger partial charge is 0.257 e. The number of halogens is 1. The van der Waals surface area contributed by atoms with Gasteiger partial charge in [0.1, 0.15) is 0 Å². The molecule has 134 valence electrons. The van der Waals surface area contributed by atoms with E-state index in [0.717, 1.165) is 40.6 Å². The van der Waals surface area contributed by atoms with E-state index in [1.54, 1.807) is 0 Å². The lowest BCUT2D eigenvalue weighted by Gasteiger charge is -2.35. The number of aryl methyl sites for hydroxylation is 1. The molecule has 0 aliphatic carbocycles. The maximum absolute atomic E-state index is 13.1. The van der Waals surface area contributed by atoms with Crippen molar-refractivity contribution in [1.29, 1.82) is 0 Å². The second kappa shape index (κ2) is 7.20. The zero-order chi connectivity index (χ0) is 18.1. The van der Waals surface area contributed by atoms with Crippen LogP contribution in [0.5, 0.6) is 0 Å². The topological polar surface area (TPSA) is 38.1 Å². The first-order valence-electron chi connectivity index (χ1n) is 8.93. The Bertz CT molecular complexity index is 773. The summed E-state index contributed by atoms with van der Waals surface area (Å²) in [6.45, 7) is 10.6. The number of piperidine rings is 1. The van der Waals surface area contributed by atoms with Gasteiger partial charge in [0.2, 0.25) is 0 Å². The number of hydrogen-bond acceptors (Lipinski definition) is 2. The Morgan fingerprint density at radius 2 is 1.84 bits per heavy atom. The van der Waals surface area contributed by atoms with Gasteiger partial charge in [0, 0.05) is 23.8 Å². The van der Waals surface area contributed by atoms with E-state index >= 15 is 0 Å². The van der Waals surface area contributed by atoms with Crippen LogP contribution in [0.4, 0.5) is 0 Å². The van der Waals surface area contributed by atoms with Crippen molar-refractivity contribution in [3.05, 3.63) is 51.8 Å². The molecule has 1 saturated heterocycles. The van der Waals surface area contributed by atoms with E-state index in [4.69, 9.17) is 11.6 Å². The molecule has 4 nitrogen and oxygen atoms in total. The number of amides is 1. The van der Waals surface area contributed by atoms with Crippen molar-refractivity contribution in [3.8, 4) is 0 Å². The van der Waals surface area contributed by atoms with Gasteiger partial charge in [0.05, 0.1) is 17.8 Å². The number of carbonyl (C=O) groups is 1. The van der Waals surface area contributed by atoms with Gasteiger partial charge in [-0.1, -0.05) is 43.6 Å². The van der Waals surface area contributed by atoms with Gasteiger partial charge < -0.3 is 4.90 Å². The van der Waals surface area contributed by atoms with Gasteiger partial charge in [-0.3, -0.25) is 9.48 Å². The van der Waals surface area contributed by atoms with Crippen molar-refractivity contribution in [2.45, 2.75) is 40.7 Å². The summed E-state index contributed by atoms with van der Waals surface area (Å²) >= 11 is 6.27. The molecule has 1 amide bonds. The molecule has 1 aliphatic heterocycles. The summed E-state index contributed by atoms with van der Waals surface area (Å²) < 4.78 is 1.89. The first-order valence-corrected chi connectivity index (χ1v) is 9.31. The van der Waals surface area contributed by atoms with Crippen molar-refractivity contribution < 1.29 is 4.79 Å². The molecule has 2 atom stereocenters. The van der Waals surface area contributed by atoms with E-state index in [-0.39, 0.29) is 5.91 Å². The van der Waals surface area contributed by atoms with Gasteiger partial charge in [-0.25, -0.2) is 0 Å². The molecule has 0 bridgehead atoms.